The first-order valence-electron chi connectivity index (χ1n) is 9.21. The van der Waals surface area contributed by atoms with E-state index in [9.17, 15) is 18.8 Å². The van der Waals surface area contributed by atoms with Crippen LogP contribution in [0.3, 0.4) is 0 Å². The number of carbonyl (C=O) groups is 3. The maximum absolute atomic E-state index is 13.5. The third kappa shape index (κ3) is 5.04. The third-order valence-corrected chi connectivity index (χ3v) is 5.54. The second kappa shape index (κ2) is 9.53. The number of hydrogen-bond acceptors (Lipinski definition) is 6. The highest BCUT2D eigenvalue weighted by Crippen LogP contribution is 2.30. The van der Waals surface area contributed by atoms with Gasteiger partial charge in [-0.2, -0.15) is 0 Å². The van der Waals surface area contributed by atoms with Crippen molar-refractivity contribution in [2.24, 2.45) is 4.99 Å². The van der Waals surface area contributed by atoms with Crippen LogP contribution >= 0.6 is 11.8 Å². The molecule has 2 amide bonds. The molecule has 0 saturated carbocycles. The number of anilines is 1. The lowest BCUT2D eigenvalue weighted by atomic mass is 10.2. The fraction of sp³-hybridized carbons (Fsp3) is 0.238. The van der Waals surface area contributed by atoms with Gasteiger partial charge in [-0.3, -0.25) is 14.5 Å². The molecule has 0 radical (unpaired) electrons. The summed E-state index contributed by atoms with van der Waals surface area (Å²) in [5, 5.41) is 2.41. The Balaban J connectivity index is 1.76. The highest BCUT2D eigenvalue weighted by Gasteiger charge is 2.35. The van der Waals surface area contributed by atoms with Gasteiger partial charge in [-0.1, -0.05) is 17.8 Å². The molecule has 0 spiro atoms. The van der Waals surface area contributed by atoms with E-state index >= 15 is 0 Å². The fourth-order valence-corrected chi connectivity index (χ4v) is 4.00. The highest BCUT2D eigenvalue weighted by atomic mass is 32.2. The Labute approximate surface area is 177 Å². The first-order chi connectivity index (χ1) is 14.4. The van der Waals surface area contributed by atoms with Gasteiger partial charge in [-0.25, -0.2) is 14.2 Å². The number of thioether (sulfide) groups is 1. The lowest BCUT2D eigenvalue weighted by Crippen LogP contribution is -2.45. The molecular weight excluding hydrogens is 409 g/mol. The number of esters is 1. The van der Waals surface area contributed by atoms with Gasteiger partial charge in [-0.05, 0) is 49.4 Å². The van der Waals surface area contributed by atoms with Crippen LogP contribution in [-0.2, 0) is 14.3 Å². The fourth-order valence-electron chi connectivity index (χ4n) is 2.84. The average Bonchev–Trinajstić information content (AvgIpc) is 2.73. The number of hydrogen-bond donors (Lipinski definition) is 1. The van der Waals surface area contributed by atoms with Crippen LogP contribution in [0, 0.1) is 5.82 Å². The van der Waals surface area contributed by atoms with E-state index < -0.39 is 17.0 Å². The van der Waals surface area contributed by atoms with Crippen molar-refractivity contribution in [3.63, 3.8) is 0 Å². The van der Waals surface area contributed by atoms with E-state index in [0.29, 0.717) is 28.7 Å². The van der Waals surface area contributed by atoms with Crippen LogP contribution < -0.4 is 5.32 Å². The highest BCUT2D eigenvalue weighted by molar-refractivity contribution is 8.15. The zero-order valence-electron chi connectivity index (χ0n) is 16.4. The van der Waals surface area contributed by atoms with E-state index in [4.69, 9.17) is 0 Å². The van der Waals surface area contributed by atoms with E-state index in [1.807, 2.05) is 6.92 Å². The Bertz CT molecular complexity index is 994. The molecule has 9 heteroatoms. The number of rotatable bonds is 5. The first kappa shape index (κ1) is 21.5. The topological polar surface area (TPSA) is 88.1 Å². The van der Waals surface area contributed by atoms with Crippen LogP contribution in [0.4, 0.5) is 15.8 Å². The second-order valence-corrected chi connectivity index (χ2v) is 7.55. The van der Waals surface area contributed by atoms with E-state index in [2.05, 4.69) is 15.0 Å². The van der Waals surface area contributed by atoms with Gasteiger partial charge in [0.25, 0.3) is 0 Å². The Morgan fingerprint density at radius 2 is 2.00 bits per heavy atom. The van der Waals surface area contributed by atoms with Crippen molar-refractivity contribution in [3.8, 4) is 0 Å². The lowest BCUT2D eigenvalue weighted by molar-refractivity contribution is -0.129. The quantitative estimate of drug-likeness (QED) is 0.734. The molecule has 7 nitrogen and oxygen atoms in total. The van der Waals surface area contributed by atoms with Crippen molar-refractivity contribution in [1.29, 1.82) is 0 Å². The average molecular weight is 429 g/mol. The molecule has 0 bridgehead atoms. The van der Waals surface area contributed by atoms with Gasteiger partial charge < -0.3 is 10.1 Å². The zero-order chi connectivity index (χ0) is 21.7. The summed E-state index contributed by atoms with van der Waals surface area (Å²) in [5.74, 6) is -1.50. The van der Waals surface area contributed by atoms with Gasteiger partial charge in [0, 0.05) is 18.7 Å². The van der Waals surface area contributed by atoms with E-state index in [1.165, 1.54) is 42.3 Å². The molecule has 2 aromatic carbocycles. The maximum atomic E-state index is 13.5. The molecule has 1 fully saturated rings. The zero-order valence-corrected chi connectivity index (χ0v) is 17.2. The summed E-state index contributed by atoms with van der Waals surface area (Å²) in [5.41, 5.74) is 1.21. The number of nitrogens with zero attached hydrogens (tertiary/aromatic N) is 2. The normalized spacial score (nSPS) is 17.7. The molecule has 1 aliphatic heterocycles. The molecule has 0 aromatic heterocycles. The Hall–Kier alpha value is -3.20. The van der Waals surface area contributed by atoms with Gasteiger partial charge >= 0.3 is 5.97 Å². The van der Waals surface area contributed by atoms with Crippen LogP contribution in [0.25, 0.3) is 0 Å². The number of nitrogens with one attached hydrogen (secondary N) is 1. The third-order valence-electron chi connectivity index (χ3n) is 4.35. The molecule has 1 atom stereocenters. The van der Waals surface area contributed by atoms with E-state index in [1.54, 1.807) is 18.2 Å². The molecule has 1 saturated heterocycles. The van der Waals surface area contributed by atoms with Crippen LogP contribution in [0.15, 0.2) is 53.5 Å². The van der Waals surface area contributed by atoms with Crippen molar-refractivity contribution < 1.29 is 23.5 Å². The molecule has 156 valence electrons. The van der Waals surface area contributed by atoms with Crippen molar-refractivity contribution in [1.82, 2.24) is 4.90 Å². The summed E-state index contributed by atoms with van der Waals surface area (Å²) >= 11 is 1.15. The predicted molar refractivity (Wildman–Crippen MR) is 113 cm³/mol. The SMILES string of the molecule is CCN1C(=O)C[C@H](C(=O)Nc2ccc(C(=O)OC)cc2)SC1=Nc1cccc(F)c1. The standard InChI is InChI=1S/C21H20FN3O4S/c1-3-25-18(26)12-17(30-21(25)24-16-6-4-5-14(22)11-16)19(27)23-15-9-7-13(8-10-15)20(28)29-2/h4-11,17H,3,12H2,1-2H3,(H,23,27)/t17-/m1/s1. The lowest BCUT2D eigenvalue weighted by Gasteiger charge is -2.30. The molecular formula is C21H20FN3O4S. The minimum absolute atomic E-state index is 0.0206. The van der Waals surface area contributed by atoms with Gasteiger partial charge in [0.2, 0.25) is 11.8 Å². The van der Waals surface area contributed by atoms with E-state index in [0.717, 1.165) is 11.8 Å². The number of carbonyl (C=O) groups excluding carboxylic acids is 3. The molecule has 0 unspecified atom stereocenters. The molecule has 1 aliphatic rings. The van der Waals surface area contributed by atoms with Gasteiger partial charge in [-0.15, -0.1) is 0 Å². The summed E-state index contributed by atoms with van der Waals surface area (Å²) in [6, 6.07) is 12.0. The monoisotopic (exact) mass is 429 g/mol. The van der Waals surface area contributed by atoms with Crippen LogP contribution in [0.2, 0.25) is 0 Å². The van der Waals surface area contributed by atoms with Gasteiger partial charge in [0.05, 0.1) is 18.4 Å². The Kier molecular flexibility index (Phi) is 6.83. The number of halogens is 1. The molecule has 2 aromatic rings. The smallest absolute Gasteiger partial charge is 0.337 e. The van der Waals surface area contributed by atoms with Crippen LogP contribution in [-0.4, -0.2) is 46.8 Å². The number of benzene rings is 2. The maximum Gasteiger partial charge on any atom is 0.337 e. The summed E-state index contributed by atoms with van der Waals surface area (Å²) < 4.78 is 18.1. The number of methoxy groups -OCH3 is 1. The van der Waals surface area contributed by atoms with E-state index in [-0.39, 0.29) is 18.2 Å². The summed E-state index contributed by atoms with van der Waals surface area (Å²) in [4.78, 5) is 42.6. The molecule has 1 N–H and O–H groups in total. The predicted octanol–water partition coefficient (Wildman–Crippen LogP) is 3.59. The van der Waals surface area contributed by atoms with Gasteiger partial charge in [0.1, 0.15) is 11.1 Å². The minimum Gasteiger partial charge on any atom is -0.465 e. The first-order valence-corrected chi connectivity index (χ1v) is 10.1. The van der Waals surface area contributed by atoms with Gasteiger partial charge in [0.15, 0.2) is 5.17 Å². The largest absolute Gasteiger partial charge is 0.465 e. The molecule has 3 rings (SSSR count). The van der Waals surface area contributed by atoms with Crippen molar-refractivity contribution in [3.05, 3.63) is 59.9 Å². The Morgan fingerprint density at radius 3 is 2.63 bits per heavy atom. The minimum atomic E-state index is -0.687. The summed E-state index contributed by atoms with van der Waals surface area (Å²) in [6.07, 6.45) is 0.0206. The molecule has 1 heterocycles. The number of amidine groups is 1. The molecule has 30 heavy (non-hydrogen) atoms. The van der Waals surface area contributed by atoms with Crippen LogP contribution in [0.5, 0.6) is 0 Å². The van der Waals surface area contributed by atoms with Crippen molar-refractivity contribution in [2.45, 2.75) is 18.6 Å². The number of aliphatic imine (C=N–C) groups is 1. The summed E-state index contributed by atoms with van der Waals surface area (Å²) in [7, 11) is 1.29. The number of amides is 2. The van der Waals surface area contributed by atoms with Crippen LogP contribution in [0.1, 0.15) is 23.7 Å². The van der Waals surface area contributed by atoms with Crippen molar-refractivity contribution in [2.75, 3.05) is 19.0 Å². The second-order valence-electron chi connectivity index (χ2n) is 6.38. The summed E-state index contributed by atoms with van der Waals surface area (Å²) in [6.45, 7) is 2.20. The molecule has 0 aliphatic carbocycles. The van der Waals surface area contributed by atoms with Crippen molar-refractivity contribution >= 4 is 46.1 Å². The number of ether oxygens (including phenoxy) is 1. The Morgan fingerprint density at radius 1 is 1.27 bits per heavy atom.